The van der Waals surface area contributed by atoms with Gasteiger partial charge in [0.1, 0.15) is 11.9 Å². The summed E-state index contributed by atoms with van der Waals surface area (Å²) in [5.74, 6) is -0.837. The maximum atomic E-state index is 13.0. The first kappa shape index (κ1) is 16.2. The highest BCUT2D eigenvalue weighted by Gasteiger charge is 2.25. The second-order valence-corrected chi connectivity index (χ2v) is 5.21. The molecule has 0 aliphatic carbocycles. The summed E-state index contributed by atoms with van der Waals surface area (Å²) >= 11 is 0. The summed E-state index contributed by atoms with van der Waals surface area (Å²) in [5, 5.41) is 9.27. The second-order valence-electron chi connectivity index (χ2n) is 5.21. The minimum Gasteiger partial charge on any atom is -0.384 e. The molecule has 22 heavy (non-hydrogen) atoms. The van der Waals surface area contributed by atoms with Crippen molar-refractivity contribution in [1.82, 2.24) is 9.80 Å². The number of rotatable bonds is 3. The molecule has 1 unspecified atom stereocenters. The van der Waals surface area contributed by atoms with Crippen molar-refractivity contribution >= 4 is 17.9 Å². The molecule has 0 radical (unpaired) electrons. The summed E-state index contributed by atoms with van der Waals surface area (Å²) in [6, 6.07) is 5.99. The molecule has 1 aliphatic heterocycles. The van der Waals surface area contributed by atoms with Gasteiger partial charge in [0.05, 0.1) is 0 Å². The Hall–Kier alpha value is -2.21. The summed E-state index contributed by atoms with van der Waals surface area (Å²) in [6.45, 7) is 3.09. The van der Waals surface area contributed by atoms with Gasteiger partial charge in [0.2, 0.25) is 5.91 Å². The highest BCUT2D eigenvalue weighted by atomic mass is 19.1. The quantitative estimate of drug-likeness (QED) is 0.844. The Morgan fingerprint density at radius 2 is 1.86 bits per heavy atom. The van der Waals surface area contributed by atoms with Gasteiger partial charge in [-0.3, -0.25) is 9.59 Å². The molecule has 1 fully saturated rings. The third-order valence-electron chi connectivity index (χ3n) is 3.53. The predicted octanol–water partition coefficient (Wildman–Crippen LogP) is 0.890. The molecule has 1 aromatic rings. The first-order valence-corrected chi connectivity index (χ1v) is 7.17. The maximum absolute atomic E-state index is 13.0. The van der Waals surface area contributed by atoms with E-state index in [0.29, 0.717) is 31.7 Å². The smallest absolute Gasteiger partial charge is 0.251 e. The zero-order valence-electron chi connectivity index (χ0n) is 12.4. The van der Waals surface area contributed by atoms with E-state index in [4.69, 9.17) is 0 Å². The van der Waals surface area contributed by atoms with Gasteiger partial charge >= 0.3 is 0 Å². The number of halogens is 1. The molecule has 5 nitrogen and oxygen atoms in total. The van der Waals surface area contributed by atoms with Crippen LogP contribution >= 0.6 is 0 Å². The van der Waals surface area contributed by atoms with Crippen LogP contribution in [0.15, 0.2) is 30.3 Å². The summed E-state index contributed by atoms with van der Waals surface area (Å²) in [6.07, 6.45) is 1.95. The van der Waals surface area contributed by atoms with Gasteiger partial charge in [-0.2, -0.15) is 0 Å². The molecule has 1 atom stereocenters. The molecule has 118 valence electrons. The Morgan fingerprint density at radius 3 is 2.45 bits per heavy atom. The van der Waals surface area contributed by atoms with Gasteiger partial charge in [-0.15, -0.1) is 0 Å². The van der Waals surface area contributed by atoms with Crippen LogP contribution in [0.3, 0.4) is 0 Å². The topological polar surface area (TPSA) is 60.9 Å². The minimum absolute atomic E-state index is 0.173. The minimum atomic E-state index is -1.02. The normalized spacial score (nSPS) is 16.9. The van der Waals surface area contributed by atoms with Crippen molar-refractivity contribution < 1.29 is 19.1 Å². The van der Waals surface area contributed by atoms with Gasteiger partial charge in [0, 0.05) is 32.3 Å². The van der Waals surface area contributed by atoms with Crippen molar-refractivity contribution in [2.75, 3.05) is 26.2 Å². The molecule has 0 spiro atoms. The molecule has 6 heteroatoms. The fourth-order valence-electron chi connectivity index (χ4n) is 2.29. The number of benzene rings is 1. The first-order chi connectivity index (χ1) is 10.5. The molecule has 0 saturated carbocycles. The van der Waals surface area contributed by atoms with E-state index in [1.807, 2.05) is 0 Å². The van der Waals surface area contributed by atoms with Gasteiger partial charge in [0.25, 0.3) is 5.91 Å². The lowest BCUT2D eigenvalue weighted by Crippen LogP contribution is -2.52. The highest BCUT2D eigenvalue weighted by molar-refractivity contribution is 5.92. The monoisotopic (exact) mass is 306 g/mol. The lowest BCUT2D eigenvalue weighted by molar-refractivity contribution is -0.143. The molecule has 1 saturated heterocycles. The van der Waals surface area contributed by atoms with E-state index in [0.717, 1.165) is 0 Å². The summed E-state index contributed by atoms with van der Waals surface area (Å²) in [4.78, 5) is 26.9. The van der Waals surface area contributed by atoms with Crippen LogP contribution in [0.2, 0.25) is 0 Å². The Morgan fingerprint density at radius 1 is 1.23 bits per heavy atom. The van der Waals surface area contributed by atoms with E-state index in [1.165, 1.54) is 25.1 Å². The van der Waals surface area contributed by atoms with Crippen LogP contribution in [0, 0.1) is 5.82 Å². The molecule has 1 aromatic carbocycles. The van der Waals surface area contributed by atoms with E-state index in [2.05, 4.69) is 0 Å². The molecule has 0 aromatic heterocycles. The number of hydrogen-bond donors (Lipinski definition) is 1. The molecular weight excluding hydrogens is 287 g/mol. The number of aliphatic hydroxyl groups excluding tert-OH is 1. The Balaban J connectivity index is 1.89. The van der Waals surface area contributed by atoms with Crippen molar-refractivity contribution in [2.24, 2.45) is 0 Å². The predicted molar refractivity (Wildman–Crippen MR) is 80.3 cm³/mol. The van der Waals surface area contributed by atoms with Gasteiger partial charge in [0.15, 0.2) is 0 Å². The first-order valence-electron chi connectivity index (χ1n) is 7.17. The highest BCUT2D eigenvalue weighted by Crippen LogP contribution is 2.08. The third kappa shape index (κ3) is 4.14. The fourth-order valence-corrected chi connectivity index (χ4v) is 2.29. The fraction of sp³-hybridized carbons (Fsp3) is 0.375. The number of carbonyl (C=O) groups excluding carboxylic acids is 2. The van der Waals surface area contributed by atoms with E-state index < -0.39 is 6.10 Å². The number of nitrogens with zero attached hydrogens (tertiary/aromatic N) is 2. The van der Waals surface area contributed by atoms with Crippen LogP contribution in [0.4, 0.5) is 4.39 Å². The number of aliphatic hydroxyl groups is 1. The lowest BCUT2D eigenvalue weighted by Gasteiger charge is -2.34. The number of piperazine rings is 1. The number of carbonyl (C=O) groups is 2. The maximum Gasteiger partial charge on any atom is 0.251 e. The largest absolute Gasteiger partial charge is 0.384 e. The van der Waals surface area contributed by atoms with Crippen molar-refractivity contribution in [3.05, 3.63) is 41.7 Å². The van der Waals surface area contributed by atoms with Gasteiger partial charge < -0.3 is 14.9 Å². The van der Waals surface area contributed by atoms with Crippen LogP contribution in [0.1, 0.15) is 12.5 Å². The van der Waals surface area contributed by atoms with Gasteiger partial charge in [-0.1, -0.05) is 12.1 Å². The molecule has 2 rings (SSSR count). The van der Waals surface area contributed by atoms with Crippen LogP contribution in [0.5, 0.6) is 0 Å². The SMILES string of the molecule is CC(O)C(=O)N1CCN(C(=O)/C=C/c2cccc(F)c2)CC1. The van der Waals surface area contributed by atoms with Crippen molar-refractivity contribution in [1.29, 1.82) is 0 Å². The summed E-state index contributed by atoms with van der Waals surface area (Å²) in [7, 11) is 0. The Kier molecular flexibility index (Phi) is 5.27. The van der Waals surface area contributed by atoms with Gasteiger partial charge in [-0.25, -0.2) is 4.39 Å². The zero-order valence-corrected chi connectivity index (χ0v) is 12.4. The molecule has 0 bridgehead atoms. The third-order valence-corrected chi connectivity index (χ3v) is 3.53. The number of amides is 2. The van der Waals surface area contributed by atoms with Crippen molar-refractivity contribution in [2.45, 2.75) is 13.0 Å². The Bertz CT molecular complexity index is 579. The molecule has 2 amide bonds. The summed E-state index contributed by atoms with van der Waals surface area (Å²) < 4.78 is 13.0. The standard InChI is InChI=1S/C16H19FN2O3/c1-12(20)16(22)19-9-7-18(8-10-19)15(21)6-5-13-3-2-4-14(17)11-13/h2-6,11-12,20H,7-10H2,1H3/b6-5+. The average Bonchev–Trinajstić information content (AvgIpc) is 2.52. The van der Waals surface area contributed by atoms with Crippen LogP contribution in [-0.4, -0.2) is 59.0 Å². The molecule has 1 aliphatic rings. The van der Waals surface area contributed by atoms with Crippen LogP contribution in [-0.2, 0) is 9.59 Å². The average molecular weight is 306 g/mol. The number of hydrogen-bond acceptors (Lipinski definition) is 3. The molecular formula is C16H19FN2O3. The second kappa shape index (κ2) is 7.17. The van der Waals surface area contributed by atoms with Crippen molar-refractivity contribution in [3.8, 4) is 0 Å². The van der Waals surface area contributed by atoms with Crippen LogP contribution in [0.25, 0.3) is 6.08 Å². The van der Waals surface area contributed by atoms with Crippen LogP contribution < -0.4 is 0 Å². The van der Waals surface area contributed by atoms with E-state index in [1.54, 1.807) is 28.0 Å². The van der Waals surface area contributed by atoms with E-state index in [9.17, 15) is 19.1 Å². The van der Waals surface area contributed by atoms with Gasteiger partial charge in [-0.05, 0) is 30.7 Å². The molecule has 1 heterocycles. The Labute approximate surface area is 128 Å². The zero-order chi connectivity index (χ0) is 16.1. The lowest BCUT2D eigenvalue weighted by atomic mass is 10.2. The summed E-state index contributed by atoms with van der Waals surface area (Å²) in [5.41, 5.74) is 0.622. The van der Waals surface area contributed by atoms with Crippen molar-refractivity contribution in [3.63, 3.8) is 0 Å². The molecule has 1 N–H and O–H groups in total. The van der Waals surface area contributed by atoms with E-state index in [-0.39, 0.29) is 17.6 Å². The van der Waals surface area contributed by atoms with E-state index >= 15 is 0 Å².